The number of carbonyl (C=O) groups excluding carboxylic acids is 1. The fraction of sp³-hybridized carbons (Fsp3) is 0.286. The van der Waals surface area contributed by atoms with Crippen LogP contribution in [0.5, 0.6) is 5.75 Å². The summed E-state index contributed by atoms with van der Waals surface area (Å²) in [5.74, 6) is -0.405. The number of rotatable bonds is 8. The molecule has 0 fully saturated rings. The standard InChI is InChI=1S/C14H15N3O4S/c18-11(8-9-21-10-4-2-1-3-5-10)15-14-17-16-12(22-14)6-7-13(19)20/h1-5H,6-9H2,(H,19,20)(H,15,17,18). The summed E-state index contributed by atoms with van der Waals surface area (Å²) in [6.45, 7) is 0.264. The third kappa shape index (κ3) is 5.49. The number of carboxylic acid groups (broad SMARTS) is 1. The number of hydrogen-bond acceptors (Lipinski definition) is 6. The van der Waals surface area contributed by atoms with Crippen LogP contribution in [0.3, 0.4) is 0 Å². The van der Waals surface area contributed by atoms with Gasteiger partial charge in [-0.25, -0.2) is 0 Å². The Morgan fingerprint density at radius 3 is 2.68 bits per heavy atom. The van der Waals surface area contributed by atoms with Crippen LogP contribution in [-0.2, 0) is 16.0 Å². The van der Waals surface area contributed by atoms with E-state index in [0.29, 0.717) is 22.3 Å². The van der Waals surface area contributed by atoms with E-state index in [1.807, 2.05) is 30.3 Å². The molecule has 0 aliphatic rings. The van der Waals surface area contributed by atoms with Gasteiger partial charge < -0.3 is 15.2 Å². The lowest BCUT2D eigenvalue weighted by molar-refractivity contribution is -0.137. The van der Waals surface area contributed by atoms with Crippen LogP contribution >= 0.6 is 11.3 Å². The fourth-order valence-corrected chi connectivity index (χ4v) is 2.33. The number of carboxylic acids is 1. The van der Waals surface area contributed by atoms with Gasteiger partial charge in [-0.2, -0.15) is 0 Å². The Bertz CT molecular complexity index is 630. The molecule has 1 aromatic heterocycles. The van der Waals surface area contributed by atoms with Crippen LogP contribution in [0.15, 0.2) is 30.3 Å². The maximum absolute atomic E-state index is 11.7. The van der Waals surface area contributed by atoms with Crippen molar-refractivity contribution in [3.05, 3.63) is 35.3 Å². The summed E-state index contributed by atoms with van der Waals surface area (Å²) < 4.78 is 5.43. The number of aliphatic carboxylic acids is 1. The molecular formula is C14H15N3O4S. The van der Waals surface area contributed by atoms with E-state index in [1.54, 1.807) is 0 Å². The molecule has 0 saturated heterocycles. The molecule has 116 valence electrons. The maximum Gasteiger partial charge on any atom is 0.303 e. The second-order valence-electron chi connectivity index (χ2n) is 4.35. The van der Waals surface area contributed by atoms with Crippen LogP contribution < -0.4 is 10.1 Å². The van der Waals surface area contributed by atoms with Gasteiger partial charge in [-0.3, -0.25) is 9.59 Å². The van der Waals surface area contributed by atoms with Crippen LogP contribution in [0, 0.1) is 0 Å². The van der Waals surface area contributed by atoms with Gasteiger partial charge in [0, 0.05) is 6.42 Å². The lowest BCUT2D eigenvalue weighted by Crippen LogP contribution is -2.15. The van der Waals surface area contributed by atoms with Crippen LogP contribution in [0.1, 0.15) is 17.8 Å². The van der Waals surface area contributed by atoms with Crippen molar-refractivity contribution < 1.29 is 19.4 Å². The van der Waals surface area contributed by atoms with E-state index in [-0.39, 0.29) is 25.4 Å². The van der Waals surface area contributed by atoms with Gasteiger partial charge in [-0.15, -0.1) is 10.2 Å². The minimum Gasteiger partial charge on any atom is -0.493 e. The molecule has 2 rings (SSSR count). The number of aryl methyl sites for hydroxylation is 1. The van der Waals surface area contributed by atoms with Crippen LogP contribution in [0.2, 0.25) is 0 Å². The van der Waals surface area contributed by atoms with E-state index < -0.39 is 5.97 Å². The first-order valence-corrected chi connectivity index (χ1v) is 7.47. The van der Waals surface area contributed by atoms with Crippen molar-refractivity contribution >= 4 is 28.3 Å². The molecule has 22 heavy (non-hydrogen) atoms. The van der Waals surface area contributed by atoms with Crippen LogP contribution in [0.25, 0.3) is 0 Å². The lowest BCUT2D eigenvalue weighted by Gasteiger charge is -2.05. The summed E-state index contributed by atoms with van der Waals surface area (Å²) in [6.07, 6.45) is 0.492. The summed E-state index contributed by atoms with van der Waals surface area (Å²) in [6, 6.07) is 9.23. The van der Waals surface area contributed by atoms with Crippen molar-refractivity contribution in [3.8, 4) is 5.75 Å². The number of anilines is 1. The SMILES string of the molecule is O=C(O)CCc1nnc(NC(=O)CCOc2ccccc2)s1. The zero-order valence-corrected chi connectivity index (χ0v) is 12.5. The number of para-hydroxylation sites is 1. The van der Waals surface area contributed by atoms with E-state index in [1.165, 1.54) is 11.3 Å². The zero-order chi connectivity index (χ0) is 15.8. The number of benzene rings is 1. The molecule has 1 aromatic carbocycles. The largest absolute Gasteiger partial charge is 0.493 e. The summed E-state index contributed by atoms with van der Waals surface area (Å²) in [7, 11) is 0. The molecule has 0 spiro atoms. The molecule has 0 radical (unpaired) electrons. The summed E-state index contributed by atoms with van der Waals surface area (Å²) in [5, 5.41) is 19.8. The molecular weight excluding hydrogens is 306 g/mol. The molecule has 8 heteroatoms. The Labute approximate surface area is 131 Å². The predicted molar refractivity (Wildman–Crippen MR) is 81.0 cm³/mol. The van der Waals surface area contributed by atoms with E-state index in [0.717, 1.165) is 0 Å². The molecule has 0 atom stereocenters. The first-order chi connectivity index (χ1) is 10.6. The molecule has 0 saturated carbocycles. The van der Waals surface area contributed by atoms with Crippen LogP contribution in [-0.4, -0.2) is 33.8 Å². The second-order valence-corrected chi connectivity index (χ2v) is 5.42. The number of hydrogen-bond donors (Lipinski definition) is 2. The third-order valence-electron chi connectivity index (χ3n) is 2.61. The predicted octanol–water partition coefficient (Wildman–Crippen LogP) is 1.96. The quantitative estimate of drug-likeness (QED) is 0.770. The average molecular weight is 321 g/mol. The van der Waals surface area contributed by atoms with E-state index in [4.69, 9.17) is 9.84 Å². The normalized spacial score (nSPS) is 10.2. The van der Waals surface area contributed by atoms with Crippen molar-refractivity contribution in [1.82, 2.24) is 10.2 Å². The van der Waals surface area contributed by atoms with Gasteiger partial charge in [-0.1, -0.05) is 29.5 Å². The first kappa shape index (κ1) is 15.9. The minimum absolute atomic E-state index is 0.00645. The highest BCUT2D eigenvalue weighted by Gasteiger charge is 2.09. The Kier molecular flexibility index (Phi) is 5.84. The monoisotopic (exact) mass is 321 g/mol. The second kappa shape index (κ2) is 8.08. The minimum atomic E-state index is -0.890. The average Bonchev–Trinajstić information content (AvgIpc) is 2.94. The number of nitrogens with zero attached hydrogens (tertiary/aromatic N) is 2. The van der Waals surface area contributed by atoms with Gasteiger partial charge in [0.2, 0.25) is 11.0 Å². The Balaban J connectivity index is 1.71. The molecule has 1 amide bonds. The third-order valence-corrected chi connectivity index (χ3v) is 3.51. The van der Waals surface area contributed by atoms with Gasteiger partial charge >= 0.3 is 5.97 Å². The summed E-state index contributed by atoms with van der Waals surface area (Å²) in [5.41, 5.74) is 0. The van der Waals surface area contributed by atoms with Crippen molar-refractivity contribution in [3.63, 3.8) is 0 Å². The zero-order valence-electron chi connectivity index (χ0n) is 11.7. The number of carbonyl (C=O) groups is 2. The molecule has 1 heterocycles. The Morgan fingerprint density at radius 1 is 1.18 bits per heavy atom. The molecule has 2 N–H and O–H groups in total. The van der Waals surface area contributed by atoms with Crippen molar-refractivity contribution in [2.24, 2.45) is 0 Å². The highest BCUT2D eigenvalue weighted by Crippen LogP contribution is 2.17. The number of nitrogens with one attached hydrogen (secondary N) is 1. The summed E-state index contributed by atoms with van der Waals surface area (Å²) in [4.78, 5) is 22.2. The van der Waals surface area contributed by atoms with Crippen molar-refractivity contribution in [2.45, 2.75) is 19.3 Å². The van der Waals surface area contributed by atoms with Crippen LogP contribution in [0.4, 0.5) is 5.13 Å². The van der Waals surface area contributed by atoms with E-state index in [9.17, 15) is 9.59 Å². The van der Waals surface area contributed by atoms with Gasteiger partial charge in [0.15, 0.2) is 0 Å². The van der Waals surface area contributed by atoms with Gasteiger partial charge in [0.25, 0.3) is 0 Å². The van der Waals surface area contributed by atoms with Gasteiger partial charge in [0.1, 0.15) is 10.8 Å². The molecule has 0 aliphatic carbocycles. The topological polar surface area (TPSA) is 101 Å². The van der Waals surface area contributed by atoms with Gasteiger partial charge in [0.05, 0.1) is 19.4 Å². The Morgan fingerprint density at radius 2 is 1.95 bits per heavy atom. The summed E-state index contributed by atoms with van der Waals surface area (Å²) >= 11 is 1.17. The number of ether oxygens (including phenoxy) is 1. The van der Waals surface area contributed by atoms with E-state index in [2.05, 4.69) is 15.5 Å². The van der Waals surface area contributed by atoms with Crippen molar-refractivity contribution in [1.29, 1.82) is 0 Å². The molecule has 0 unspecified atom stereocenters. The molecule has 0 bridgehead atoms. The number of aromatic nitrogens is 2. The smallest absolute Gasteiger partial charge is 0.303 e. The highest BCUT2D eigenvalue weighted by molar-refractivity contribution is 7.15. The molecule has 7 nitrogen and oxygen atoms in total. The fourth-order valence-electron chi connectivity index (χ4n) is 1.58. The molecule has 2 aromatic rings. The Hall–Kier alpha value is -2.48. The maximum atomic E-state index is 11.7. The van der Waals surface area contributed by atoms with E-state index >= 15 is 0 Å². The first-order valence-electron chi connectivity index (χ1n) is 6.65. The van der Waals surface area contributed by atoms with Crippen molar-refractivity contribution in [2.75, 3.05) is 11.9 Å². The highest BCUT2D eigenvalue weighted by atomic mass is 32.1. The number of amides is 1. The van der Waals surface area contributed by atoms with Gasteiger partial charge in [-0.05, 0) is 12.1 Å². The lowest BCUT2D eigenvalue weighted by atomic mass is 10.3. The molecule has 0 aliphatic heterocycles.